The number of phosphoric acid groups is 2. The number of aliphatic hydroxyl groups excluding tert-OH is 1. The van der Waals surface area contributed by atoms with Gasteiger partial charge in [-0.25, -0.2) is 9.13 Å². The van der Waals surface area contributed by atoms with Gasteiger partial charge in [0, 0.05) is 25.7 Å². The molecule has 0 rings (SSSR count). The number of ether oxygens (including phenoxy) is 4. The Morgan fingerprint density at radius 2 is 0.529 bits per heavy atom. The second-order valence-corrected chi connectivity index (χ2v) is 32.6. The number of unbranched alkanes of at least 4 members (excludes halogenated alkanes) is 50. The van der Waals surface area contributed by atoms with E-state index in [0.717, 1.165) is 109 Å². The fourth-order valence-electron chi connectivity index (χ4n) is 12.4. The van der Waals surface area contributed by atoms with E-state index in [-0.39, 0.29) is 25.7 Å². The largest absolute Gasteiger partial charge is 0.472 e. The fourth-order valence-corrected chi connectivity index (χ4v) is 14.0. The summed E-state index contributed by atoms with van der Waals surface area (Å²) in [5.41, 5.74) is 0. The first-order valence-corrected chi connectivity index (χ1v) is 45.4. The molecule has 602 valence electrons. The van der Waals surface area contributed by atoms with Crippen LogP contribution >= 0.6 is 15.6 Å². The van der Waals surface area contributed by atoms with Crippen LogP contribution < -0.4 is 0 Å². The van der Waals surface area contributed by atoms with Crippen LogP contribution in [0.15, 0.2) is 24.3 Å². The highest BCUT2D eigenvalue weighted by Crippen LogP contribution is 2.45. The molecule has 19 heteroatoms. The predicted molar refractivity (Wildman–Crippen MR) is 418 cm³/mol. The van der Waals surface area contributed by atoms with Crippen molar-refractivity contribution in [1.82, 2.24) is 0 Å². The molecule has 0 aromatic carbocycles. The Morgan fingerprint density at radius 1 is 0.304 bits per heavy atom. The van der Waals surface area contributed by atoms with Gasteiger partial charge in [0.2, 0.25) is 0 Å². The van der Waals surface area contributed by atoms with Crippen molar-refractivity contribution >= 4 is 39.5 Å². The third-order valence-corrected chi connectivity index (χ3v) is 20.8. The van der Waals surface area contributed by atoms with E-state index in [2.05, 4.69) is 58.9 Å². The lowest BCUT2D eigenvalue weighted by molar-refractivity contribution is -0.161. The Hall–Kier alpha value is -2.46. The van der Waals surface area contributed by atoms with Gasteiger partial charge in [-0.05, 0) is 57.3 Å². The molecule has 5 atom stereocenters. The zero-order valence-electron chi connectivity index (χ0n) is 66.2. The van der Waals surface area contributed by atoms with Crippen LogP contribution in [0.1, 0.15) is 420 Å². The van der Waals surface area contributed by atoms with Gasteiger partial charge in [-0.1, -0.05) is 367 Å². The number of esters is 4. The summed E-state index contributed by atoms with van der Waals surface area (Å²) >= 11 is 0. The second kappa shape index (κ2) is 75.4. The third-order valence-electron chi connectivity index (χ3n) is 18.9. The zero-order chi connectivity index (χ0) is 74.8. The third kappa shape index (κ3) is 75.8. The highest BCUT2D eigenvalue weighted by molar-refractivity contribution is 7.47. The minimum absolute atomic E-state index is 0.0854. The van der Waals surface area contributed by atoms with Crippen molar-refractivity contribution in [2.75, 3.05) is 39.6 Å². The average Bonchev–Trinajstić information content (AvgIpc) is 0.937. The summed E-state index contributed by atoms with van der Waals surface area (Å²) in [7, 11) is -9.93. The van der Waals surface area contributed by atoms with Crippen LogP contribution in [0.25, 0.3) is 0 Å². The Balaban J connectivity index is 5.23. The molecule has 0 fully saturated rings. The summed E-state index contributed by atoms with van der Waals surface area (Å²) in [6.07, 6.45) is 70.3. The van der Waals surface area contributed by atoms with Crippen molar-refractivity contribution < 1.29 is 80.2 Å². The van der Waals surface area contributed by atoms with Gasteiger partial charge in [-0.3, -0.25) is 37.3 Å². The minimum atomic E-state index is -4.97. The molecule has 3 N–H and O–H groups in total. The van der Waals surface area contributed by atoms with E-state index in [0.29, 0.717) is 25.7 Å². The lowest BCUT2D eigenvalue weighted by Gasteiger charge is -2.21. The molecule has 0 aromatic rings. The second-order valence-electron chi connectivity index (χ2n) is 29.7. The van der Waals surface area contributed by atoms with Crippen molar-refractivity contribution in [3.8, 4) is 0 Å². The molecule has 0 bridgehead atoms. The Bertz CT molecular complexity index is 2040. The molecule has 0 amide bonds. The lowest BCUT2D eigenvalue weighted by Crippen LogP contribution is -2.30. The van der Waals surface area contributed by atoms with Crippen LogP contribution in [0.2, 0.25) is 0 Å². The molecule has 0 aliphatic heterocycles. The summed E-state index contributed by atoms with van der Waals surface area (Å²) in [5, 5.41) is 10.6. The van der Waals surface area contributed by atoms with Crippen molar-refractivity contribution in [2.24, 2.45) is 5.92 Å². The SMILES string of the molecule is CCCCCC/C=C\C=C/CCCCCCCC(=O)O[C@H](COC(=O)CCCCCCCCCCC)COP(=O)(O)OC[C@H](O)COP(=O)(O)OC[C@@H](COC(=O)CCCCCCCCCCCCCCCC(C)C)OC(=O)CCCCCCCCCCCCCCCCCCCCCCCC. The maximum atomic E-state index is 13.1. The molecule has 0 aliphatic carbocycles. The number of hydrogen-bond acceptors (Lipinski definition) is 15. The van der Waals surface area contributed by atoms with E-state index in [1.165, 1.54) is 231 Å². The lowest BCUT2D eigenvalue weighted by atomic mass is 10.0. The maximum Gasteiger partial charge on any atom is 0.472 e. The van der Waals surface area contributed by atoms with Crippen LogP contribution in [0.4, 0.5) is 0 Å². The predicted octanol–water partition coefficient (Wildman–Crippen LogP) is 24.8. The average molecular weight is 1490 g/mol. The van der Waals surface area contributed by atoms with Crippen molar-refractivity contribution in [1.29, 1.82) is 0 Å². The van der Waals surface area contributed by atoms with Crippen LogP contribution in [0.3, 0.4) is 0 Å². The molecular weight excluding hydrogens is 1330 g/mol. The van der Waals surface area contributed by atoms with Gasteiger partial charge in [0.05, 0.1) is 26.4 Å². The molecule has 0 spiro atoms. The fraction of sp³-hybridized carbons (Fsp3) is 0.904. The molecule has 0 saturated heterocycles. The number of rotatable bonds is 81. The standard InChI is InChI=1S/C83H158O17P2/c1-6-9-12-15-18-21-23-25-27-28-29-30-31-32-33-35-39-44-49-54-59-64-69-83(88)100-79(73-94-81(86)67-62-57-52-47-42-40-36-37-41-46-50-55-60-65-76(4)5)75-98-102(91,92)96-71-77(84)70-95-101(89,90)97-74-78(72-93-80(85)66-61-56-51-45-20-17-14-11-8-3)99-82(87)68-63-58-53-48-43-38-34-26-24-22-19-16-13-10-7-2/h22,24,26,34,76-79,84H,6-21,23,25,27-33,35-75H2,1-5H3,(H,89,90)(H,91,92)/b24-22-,34-26-/t77-,78+,79+/m0/s1. The smallest absolute Gasteiger partial charge is 0.462 e. The van der Waals surface area contributed by atoms with Gasteiger partial charge in [0.15, 0.2) is 12.2 Å². The summed E-state index contributed by atoms with van der Waals surface area (Å²) in [4.78, 5) is 73.0. The molecule has 17 nitrogen and oxygen atoms in total. The van der Waals surface area contributed by atoms with Crippen molar-refractivity contribution in [2.45, 2.75) is 438 Å². The van der Waals surface area contributed by atoms with E-state index in [1.807, 2.05) is 0 Å². The monoisotopic (exact) mass is 1490 g/mol. The van der Waals surface area contributed by atoms with Gasteiger partial charge in [-0.2, -0.15) is 0 Å². The minimum Gasteiger partial charge on any atom is -0.462 e. The summed E-state index contributed by atoms with van der Waals surface area (Å²) < 4.78 is 68.7. The maximum absolute atomic E-state index is 13.1. The molecule has 102 heavy (non-hydrogen) atoms. The Kier molecular flexibility index (Phi) is 73.5. The molecule has 0 saturated carbocycles. The van der Waals surface area contributed by atoms with Crippen LogP contribution in [0.5, 0.6) is 0 Å². The van der Waals surface area contributed by atoms with Gasteiger partial charge in [0.1, 0.15) is 19.3 Å². The quantitative estimate of drug-likeness (QED) is 0.0169. The number of carbonyl (C=O) groups is 4. The van der Waals surface area contributed by atoms with E-state index in [4.69, 9.17) is 37.0 Å². The van der Waals surface area contributed by atoms with Gasteiger partial charge in [0.25, 0.3) is 0 Å². The summed E-state index contributed by atoms with van der Waals surface area (Å²) in [6.45, 7) is 7.27. The van der Waals surface area contributed by atoms with Gasteiger partial charge >= 0.3 is 39.5 Å². The number of phosphoric ester groups is 2. The first-order valence-electron chi connectivity index (χ1n) is 42.5. The molecule has 0 aromatic heterocycles. The van der Waals surface area contributed by atoms with Crippen LogP contribution in [-0.4, -0.2) is 96.7 Å². The topological polar surface area (TPSA) is 237 Å². The summed E-state index contributed by atoms with van der Waals surface area (Å²) in [6, 6.07) is 0. The van der Waals surface area contributed by atoms with Crippen LogP contribution in [-0.2, 0) is 65.4 Å². The Morgan fingerprint density at radius 3 is 0.804 bits per heavy atom. The van der Waals surface area contributed by atoms with Crippen molar-refractivity contribution in [3.63, 3.8) is 0 Å². The molecule has 0 radical (unpaired) electrons. The van der Waals surface area contributed by atoms with E-state index in [1.54, 1.807) is 0 Å². The van der Waals surface area contributed by atoms with E-state index in [9.17, 15) is 43.2 Å². The molecule has 0 aliphatic rings. The van der Waals surface area contributed by atoms with Gasteiger partial charge < -0.3 is 33.8 Å². The number of hydrogen-bond donors (Lipinski definition) is 3. The van der Waals surface area contributed by atoms with Crippen LogP contribution in [0, 0.1) is 5.92 Å². The van der Waals surface area contributed by atoms with E-state index < -0.39 is 97.5 Å². The number of allylic oxidation sites excluding steroid dienone is 4. The molecular formula is C83H158O17P2. The normalized spacial score (nSPS) is 14.0. The number of carbonyl (C=O) groups excluding carboxylic acids is 4. The molecule has 2 unspecified atom stereocenters. The highest BCUT2D eigenvalue weighted by Gasteiger charge is 2.30. The first kappa shape index (κ1) is 99.5. The van der Waals surface area contributed by atoms with Gasteiger partial charge in [-0.15, -0.1) is 0 Å². The first-order chi connectivity index (χ1) is 49.5. The Labute approximate surface area is 624 Å². The molecule has 0 heterocycles. The zero-order valence-corrected chi connectivity index (χ0v) is 68.0. The van der Waals surface area contributed by atoms with E-state index >= 15 is 0 Å². The summed E-state index contributed by atoms with van der Waals surface area (Å²) in [5.74, 6) is -1.35. The van der Waals surface area contributed by atoms with Crippen molar-refractivity contribution in [3.05, 3.63) is 24.3 Å². The number of aliphatic hydroxyl groups is 1. The highest BCUT2D eigenvalue weighted by atomic mass is 31.2.